The summed E-state index contributed by atoms with van der Waals surface area (Å²) in [6.07, 6.45) is 17.8. The average molecular weight is 184 g/mol. The van der Waals surface area contributed by atoms with Crippen LogP contribution in [0.3, 0.4) is 0 Å². The van der Waals surface area contributed by atoms with Crippen molar-refractivity contribution >= 4 is 0 Å². The van der Waals surface area contributed by atoms with Gasteiger partial charge in [-0.15, -0.1) is 0 Å². The molecule has 0 N–H and O–H groups in total. The van der Waals surface area contributed by atoms with Crippen molar-refractivity contribution in [2.45, 2.75) is 26.2 Å². The molecule has 0 aromatic carbocycles. The third-order valence-corrected chi connectivity index (χ3v) is 4.11. The van der Waals surface area contributed by atoms with Gasteiger partial charge in [0.15, 0.2) is 0 Å². The molecule has 1 saturated carbocycles. The average Bonchev–Trinajstić information content (AvgIpc) is 2.73. The van der Waals surface area contributed by atoms with Crippen LogP contribution in [0.15, 0.2) is 47.6 Å². The van der Waals surface area contributed by atoms with Crippen LogP contribution in [-0.2, 0) is 0 Å². The molecule has 0 nitrogen and oxygen atoms in total. The zero-order valence-corrected chi connectivity index (χ0v) is 8.66. The first kappa shape index (κ1) is 8.28. The lowest BCUT2D eigenvalue weighted by atomic mass is 9.72. The van der Waals surface area contributed by atoms with Gasteiger partial charge in [0.05, 0.1) is 0 Å². The van der Waals surface area contributed by atoms with Gasteiger partial charge in [0, 0.05) is 0 Å². The zero-order chi connectivity index (χ0) is 9.60. The molecular formula is C14H16. The van der Waals surface area contributed by atoms with Crippen LogP contribution in [0, 0.1) is 11.3 Å². The van der Waals surface area contributed by atoms with Gasteiger partial charge >= 0.3 is 0 Å². The van der Waals surface area contributed by atoms with Gasteiger partial charge in [0.25, 0.3) is 0 Å². The van der Waals surface area contributed by atoms with E-state index in [1.54, 1.807) is 5.57 Å². The van der Waals surface area contributed by atoms with Crippen molar-refractivity contribution in [2.24, 2.45) is 11.3 Å². The van der Waals surface area contributed by atoms with Gasteiger partial charge in [-0.2, -0.15) is 0 Å². The molecule has 0 bridgehead atoms. The standard InChI is InChI=1S/C14H16/c1-14-10-4-8-12(14)7-2-5-11-6-3-9-13(11)14/h2-3,5-7,9,12H,4,8,10H2,1H3/t12-,14+/m0/s1. The normalized spacial score (nSPS) is 38.8. The smallest absolute Gasteiger partial charge is 0.000653 e. The maximum atomic E-state index is 2.44. The minimum Gasteiger partial charge on any atom is -0.0805 e. The van der Waals surface area contributed by atoms with Crippen molar-refractivity contribution in [1.82, 2.24) is 0 Å². The first-order valence-corrected chi connectivity index (χ1v) is 5.58. The summed E-state index contributed by atoms with van der Waals surface area (Å²) in [5.74, 6) is 0.766. The summed E-state index contributed by atoms with van der Waals surface area (Å²) in [4.78, 5) is 0. The molecule has 0 heterocycles. The molecular weight excluding hydrogens is 168 g/mol. The summed E-state index contributed by atoms with van der Waals surface area (Å²) in [6, 6.07) is 0. The van der Waals surface area contributed by atoms with Crippen molar-refractivity contribution in [3.05, 3.63) is 47.6 Å². The van der Waals surface area contributed by atoms with Crippen LogP contribution in [0.5, 0.6) is 0 Å². The fourth-order valence-corrected chi connectivity index (χ4v) is 3.23. The quantitative estimate of drug-likeness (QED) is 0.537. The van der Waals surface area contributed by atoms with Gasteiger partial charge in [-0.3, -0.25) is 0 Å². The molecule has 0 saturated heterocycles. The Morgan fingerprint density at radius 1 is 1.29 bits per heavy atom. The lowest BCUT2D eigenvalue weighted by Gasteiger charge is -2.31. The van der Waals surface area contributed by atoms with Crippen LogP contribution in [0.2, 0.25) is 0 Å². The summed E-state index contributed by atoms with van der Waals surface area (Å²) >= 11 is 0. The minimum absolute atomic E-state index is 0.419. The number of hydrogen-bond acceptors (Lipinski definition) is 0. The van der Waals surface area contributed by atoms with Gasteiger partial charge in [0.2, 0.25) is 0 Å². The van der Waals surface area contributed by atoms with Crippen LogP contribution in [0.1, 0.15) is 26.2 Å². The molecule has 0 aromatic rings. The molecule has 3 aliphatic rings. The fraction of sp³-hybridized carbons (Fsp3) is 0.429. The Morgan fingerprint density at radius 3 is 3.14 bits per heavy atom. The zero-order valence-electron chi connectivity index (χ0n) is 8.66. The second-order valence-electron chi connectivity index (χ2n) is 4.86. The Bertz CT molecular complexity index is 379. The Kier molecular flexibility index (Phi) is 1.61. The highest BCUT2D eigenvalue weighted by Gasteiger charge is 2.41. The summed E-state index contributed by atoms with van der Waals surface area (Å²) in [5.41, 5.74) is 3.43. The molecule has 2 atom stereocenters. The summed E-state index contributed by atoms with van der Waals surface area (Å²) in [7, 11) is 0. The summed E-state index contributed by atoms with van der Waals surface area (Å²) in [5, 5.41) is 0. The molecule has 14 heavy (non-hydrogen) atoms. The van der Waals surface area contributed by atoms with Crippen molar-refractivity contribution in [3.8, 4) is 0 Å². The maximum Gasteiger partial charge on any atom is -0.000653 e. The lowest BCUT2D eigenvalue weighted by Crippen LogP contribution is -2.22. The Hall–Kier alpha value is -1.04. The molecule has 0 spiro atoms. The topological polar surface area (TPSA) is 0 Å². The van der Waals surface area contributed by atoms with E-state index in [0.717, 1.165) is 5.92 Å². The minimum atomic E-state index is 0.419. The molecule has 72 valence electrons. The number of allylic oxidation sites excluding steroid dienone is 8. The van der Waals surface area contributed by atoms with Crippen LogP contribution in [-0.4, -0.2) is 0 Å². The molecule has 0 amide bonds. The number of hydrogen-bond donors (Lipinski definition) is 0. The molecule has 0 heteroatoms. The second-order valence-corrected chi connectivity index (χ2v) is 4.86. The highest BCUT2D eigenvalue weighted by Crippen LogP contribution is 2.53. The van der Waals surface area contributed by atoms with Crippen LogP contribution < -0.4 is 0 Å². The Labute approximate surface area is 85.7 Å². The van der Waals surface area contributed by atoms with Crippen molar-refractivity contribution in [2.75, 3.05) is 0 Å². The number of fused-ring (bicyclic) bond motifs is 3. The molecule has 3 aliphatic carbocycles. The Balaban J connectivity index is 2.13. The molecule has 0 radical (unpaired) electrons. The van der Waals surface area contributed by atoms with Crippen molar-refractivity contribution in [1.29, 1.82) is 0 Å². The van der Waals surface area contributed by atoms with Crippen molar-refractivity contribution in [3.63, 3.8) is 0 Å². The third kappa shape index (κ3) is 0.943. The van der Waals surface area contributed by atoms with Crippen molar-refractivity contribution < 1.29 is 0 Å². The third-order valence-electron chi connectivity index (χ3n) is 4.11. The molecule has 1 fully saturated rings. The maximum absolute atomic E-state index is 2.44. The van der Waals surface area contributed by atoms with Gasteiger partial charge in [-0.25, -0.2) is 0 Å². The van der Waals surface area contributed by atoms with E-state index in [1.807, 2.05) is 0 Å². The lowest BCUT2D eigenvalue weighted by molar-refractivity contribution is 0.346. The van der Waals surface area contributed by atoms with Gasteiger partial charge < -0.3 is 0 Å². The monoisotopic (exact) mass is 184 g/mol. The molecule has 0 aliphatic heterocycles. The predicted molar refractivity (Wildman–Crippen MR) is 59.9 cm³/mol. The predicted octanol–water partition coefficient (Wildman–Crippen LogP) is 3.79. The van der Waals surface area contributed by atoms with Crippen LogP contribution in [0.4, 0.5) is 0 Å². The van der Waals surface area contributed by atoms with E-state index in [-0.39, 0.29) is 0 Å². The highest BCUT2D eigenvalue weighted by atomic mass is 14.5. The van der Waals surface area contributed by atoms with Crippen LogP contribution in [0.25, 0.3) is 0 Å². The molecule has 0 unspecified atom stereocenters. The van der Waals surface area contributed by atoms with E-state index in [9.17, 15) is 0 Å². The van der Waals surface area contributed by atoms with E-state index in [1.165, 1.54) is 24.8 Å². The van der Waals surface area contributed by atoms with E-state index in [2.05, 4.69) is 43.4 Å². The van der Waals surface area contributed by atoms with E-state index in [4.69, 9.17) is 0 Å². The second kappa shape index (κ2) is 2.73. The van der Waals surface area contributed by atoms with Gasteiger partial charge in [-0.1, -0.05) is 49.8 Å². The highest BCUT2D eigenvalue weighted by molar-refractivity contribution is 5.54. The van der Waals surface area contributed by atoms with Crippen LogP contribution >= 0.6 is 0 Å². The van der Waals surface area contributed by atoms with Gasteiger partial charge in [-0.05, 0) is 35.3 Å². The van der Waals surface area contributed by atoms with Gasteiger partial charge in [0.1, 0.15) is 0 Å². The molecule has 3 rings (SSSR count). The summed E-state index contributed by atoms with van der Waals surface area (Å²) in [6.45, 7) is 2.44. The van der Waals surface area contributed by atoms with E-state index < -0.39 is 0 Å². The Morgan fingerprint density at radius 2 is 2.21 bits per heavy atom. The number of rotatable bonds is 0. The fourth-order valence-electron chi connectivity index (χ4n) is 3.23. The SMILES string of the molecule is C[C@@]12CCC[C@@H]1C=CC=C1C=CC=C12. The molecule has 0 aromatic heterocycles. The summed E-state index contributed by atoms with van der Waals surface area (Å²) < 4.78 is 0. The first-order valence-electron chi connectivity index (χ1n) is 5.58. The van der Waals surface area contributed by atoms with E-state index >= 15 is 0 Å². The van der Waals surface area contributed by atoms with E-state index in [0.29, 0.717) is 5.41 Å². The largest absolute Gasteiger partial charge is 0.0805 e. The first-order chi connectivity index (χ1) is 6.81.